The van der Waals surface area contributed by atoms with E-state index in [4.69, 9.17) is 0 Å². The van der Waals surface area contributed by atoms with Crippen LogP contribution in [0.5, 0.6) is 0 Å². The normalized spacial score (nSPS) is 11.9. The Bertz CT molecular complexity index is 599. The molecule has 0 radical (unpaired) electrons. The van der Waals surface area contributed by atoms with E-state index in [0.29, 0.717) is 17.9 Å². The number of benzene rings is 1. The molecule has 0 aliphatic carbocycles. The van der Waals surface area contributed by atoms with Gasteiger partial charge in [-0.1, -0.05) is 19.1 Å². The zero-order chi connectivity index (χ0) is 15.2. The lowest BCUT2D eigenvalue weighted by Crippen LogP contribution is -2.11. The highest BCUT2D eigenvalue weighted by Crippen LogP contribution is 2.36. The molecular weight excluding hydrogens is 286 g/mol. The Morgan fingerprint density at radius 3 is 2.57 bits per heavy atom. The van der Waals surface area contributed by atoms with Gasteiger partial charge in [0.1, 0.15) is 11.4 Å². The number of nitrogens with zero attached hydrogens (tertiary/aromatic N) is 1. The molecule has 2 aromatic rings. The highest BCUT2D eigenvalue weighted by atomic mass is 32.1. The van der Waals surface area contributed by atoms with Crippen LogP contribution in [0.3, 0.4) is 0 Å². The molecule has 0 amide bonds. The van der Waals surface area contributed by atoms with E-state index in [0.717, 1.165) is 6.42 Å². The van der Waals surface area contributed by atoms with E-state index < -0.39 is 0 Å². The fraction of sp³-hybridized carbons (Fsp3) is 0.333. The lowest BCUT2D eigenvalue weighted by atomic mass is 10.1. The van der Waals surface area contributed by atoms with E-state index in [2.05, 4.69) is 17.6 Å². The molecule has 1 atom stereocenters. The SMILES string of the molecule is CCNc1cccc(NC(CC)c2cccs2)c1[N+](=O)[O-]. The van der Waals surface area contributed by atoms with Crippen LogP contribution in [0.15, 0.2) is 35.7 Å². The molecule has 0 bridgehead atoms. The minimum atomic E-state index is -0.332. The molecule has 0 aliphatic rings. The van der Waals surface area contributed by atoms with Gasteiger partial charge >= 0.3 is 5.69 Å². The van der Waals surface area contributed by atoms with E-state index in [1.807, 2.05) is 30.5 Å². The third-order valence-electron chi connectivity index (χ3n) is 3.21. The van der Waals surface area contributed by atoms with Crippen LogP contribution >= 0.6 is 11.3 Å². The Kier molecular flexibility index (Phi) is 5.16. The van der Waals surface area contributed by atoms with Crippen LogP contribution in [0.2, 0.25) is 0 Å². The van der Waals surface area contributed by atoms with Crippen molar-refractivity contribution in [2.75, 3.05) is 17.2 Å². The van der Waals surface area contributed by atoms with Gasteiger partial charge in [0.05, 0.1) is 11.0 Å². The van der Waals surface area contributed by atoms with E-state index in [1.165, 1.54) is 4.88 Å². The largest absolute Gasteiger partial charge is 0.380 e. The van der Waals surface area contributed by atoms with Crippen molar-refractivity contribution in [1.82, 2.24) is 0 Å². The molecule has 1 unspecified atom stereocenters. The number of hydrogen-bond donors (Lipinski definition) is 2. The number of hydrogen-bond acceptors (Lipinski definition) is 5. The molecule has 21 heavy (non-hydrogen) atoms. The summed E-state index contributed by atoms with van der Waals surface area (Å²) in [6.07, 6.45) is 0.864. The van der Waals surface area contributed by atoms with E-state index >= 15 is 0 Å². The number of nitro groups is 1. The molecule has 6 heteroatoms. The Labute approximate surface area is 128 Å². The molecule has 2 rings (SSSR count). The number of anilines is 2. The number of rotatable bonds is 7. The first-order valence-electron chi connectivity index (χ1n) is 6.98. The van der Waals surface area contributed by atoms with Gasteiger partial charge in [-0.25, -0.2) is 0 Å². The Balaban J connectivity index is 2.34. The van der Waals surface area contributed by atoms with Crippen molar-refractivity contribution in [1.29, 1.82) is 0 Å². The van der Waals surface area contributed by atoms with Gasteiger partial charge in [-0.05, 0) is 36.9 Å². The van der Waals surface area contributed by atoms with Crippen molar-refractivity contribution in [3.05, 3.63) is 50.7 Å². The maximum Gasteiger partial charge on any atom is 0.315 e. The van der Waals surface area contributed by atoms with Crippen LogP contribution in [-0.4, -0.2) is 11.5 Å². The van der Waals surface area contributed by atoms with E-state index in [9.17, 15) is 10.1 Å². The van der Waals surface area contributed by atoms with Gasteiger partial charge in [0.2, 0.25) is 0 Å². The summed E-state index contributed by atoms with van der Waals surface area (Å²) in [4.78, 5) is 12.3. The molecule has 0 saturated carbocycles. The van der Waals surface area contributed by atoms with Gasteiger partial charge in [0, 0.05) is 11.4 Å². The summed E-state index contributed by atoms with van der Waals surface area (Å²) in [6, 6.07) is 9.45. The first-order chi connectivity index (χ1) is 10.2. The molecule has 1 aromatic heterocycles. The first kappa shape index (κ1) is 15.3. The van der Waals surface area contributed by atoms with Crippen molar-refractivity contribution in [3.63, 3.8) is 0 Å². The number of nitrogens with one attached hydrogen (secondary N) is 2. The van der Waals surface area contributed by atoms with Crippen molar-refractivity contribution >= 4 is 28.4 Å². The Morgan fingerprint density at radius 1 is 1.24 bits per heavy atom. The summed E-state index contributed by atoms with van der Waals surface area (Å²) < 4.78 is 0. The van der Waals surface area contributed by atoms with Crippen LogP contribution < -0.4 is 10.6 Å². The zero-order valence-corrected chi connectivity index (χ0v) is 12.9. The van der Waals surface area contributed by atoms with Gasteiger partial charge in [-0.15, -0.1) is 11.3 Å². The smallest absolute Gasteiger partial charge is 0.315 e. The van der Waals surface area contributed by atoms with Crippen LogP contribution in [0, 0.1) is 10.1 Å². The summed E-state index contributed by atoms with van der Waals surface area (Å²) in [5.74, 6) is 0. The third kappa shape index (κ3) is 3.52. The van der Waals surface area contributed by atoms with Gasteiger partial charge in [-0.3, -0.25) is 10.1 Å². The molecule has 0 aliphatic heterocycles. The standard InChI is InChI=1S/C15H19N3O2S/c1-3-11(14-9-6-10-21-14)17-13-8-5-7-12(16-4-2)15(13)18(19)20/h5-11,16-17H,3-4H2,1-2H3. The van der Waals surface area contributed by atoms with Gasteiger partial charge < -0.3 is 10.6 Å². The summed E-state index contributed by atoms with van der Waals surface area (Å²) >= 11 is 1.66. The molecule has 0 fully saturated rings. The number of thiophene rings is 1. The molecule has 0 saturated heterocycles. The third-order valence-corrected chi connectivity index (χ3v) is 4.20. The molecule has 112 valence electrons. The van der Waals surface area contributed by atoms with Gasteiger partial charge in [0.15, 0.2) is 0 Å². The molecule has 5 nitrogen and oxygen atoms in total. The Morgan fingerprint density at radius 2 is 2.00 bits per heavy atom. The van der Waals surface area contributed by atoms with Crippen LogP contribution in [0.4, 0.5) is 17.1 Å². The summed E-state index contributed by atoms with van der Waals surface area (Å²) in [5, 5.41) is 19.8. The van der Waals surface area contributed by atoms with Gasteiger partial charge in [0.25, 0.3) is 0 Å². The van der Waals surface area contributed by atoms with Crippen molar-refractivity contribution in [3.8, 4) is 0 Å². The van der Waals surface area contributed by atoms with Crippen LogP contribution in [-0.2, 0) is 0 Å². The quantitative estimate of drug-likeness (QED) is 0.577. The molecule has 2 N–H and O–H groups in total. The van der Waals surface area contributed by atoms with Crippen LogP contribution in [0.25, 0.3) is 0 Å². The van der Waals surface area contributed by atoms with Crippen molar-refractivity contribution in [2.24, 2.45) is 0 Å². The second kappa shape index (κ2) is 7.08. The molecule has 1 aromatic carbocycles. The number of nitro benzene ring substituents is 1. The summed E-state index contributed by atoms with van der Waals surface area (Å²) in [7, 11) is 0. The number of para-hydroxylation sites is 1. The van der Waals surface area contributed by atoms with Crippen molar-refractivity contribution in [2.45, 2.75) is 26.3 Å². The minimum Gasteiger partial charge on any atom is -0.380 e. The lowest BCUT2D eigenvalue weighted by molar-refractivity contribution is -0.383. The predicted molar refractivity (Wildman–Crippen MR) is 88.2 cm³/mol. The van der Waals surface area contributed by atoms with Crippen molar-refractivity contribution < 1.29 is 4.92 Å². The predicted octanol–water partition coefficient (Wildman–Crippen LogP) is 4.65. The molecular formula is C15H19N3O2S. The van der Waals surface area contributed by atoms with Gasteiger partial charge in [-0.2, -0.15) is 0 Å². The second-order valence-electron chi connectivity index (χ2n) is 4.61. The lowest BCUT2D eigenvalue weighted by Gasteiger charge is -2.18. The first-order valence-corrected chi connectivity index (χ1v) is 7.86. The molecule has 0 spiro atoms. The molecule has 1 heterocycles. The Hall–Kier alpha value is -2.08. The average Bonchev–Trinajstić information content (AvgIpc) is 2.99. The average molecular weight is 305 g/mol. The van der Waals surface area contributed by atoms with Crippen LogP contribution in [0.1, 0.15) is 31.2 Å². The summed E-state index contributed by atoms with van der Waals surface area (Å²) in [6.45, 7) is 4.63. The van der Waals surface area contributed by atoms with E-state index in [-0.39, 0.29) is 16.7 Å². The maximum atomic E-state index is 11.4. The fourth-order valence-electron chi connectivity index (χ4n) is 2.24. The summed E-state index contributed by atoms with van der Waals surface area (Å²) in [5.41, 5.74) is 1.21. The monoisotopic (exact) mass is 305 g/mol. The second-order valence-corrected chi connectivity index (χ2v) is 5.59. The van der Waals surface area contributed by atoms with E-state index in [1.54, 1.807) is 23.5 Å². The zero-order valence-electron chi connectivity index (χ0n) is 12.1. The maximum absolute atomic E-state index is 11.4. The topological polar surface area (TPSA) is 67.2 Å². The highest BCUT2D eigenvalue weighted by Gasteiger charge is 2.21. The minimum absolute atomic E-state index is 0.0839. The fourth-order valence-corrected chi connectivity index (χ4v) is 3.10. The highest BCUT2D eigenvalue weighted by molar-refractivity contribution is 7.10.